The third-order valence-corrected chi connectivity index (χ3v) is 10.5. The molecule has 4 heterocycles. The minimum absolute atomic E-state index is 0.897. The molecule has 3 aromatic heterocycles. The zero-order valence-electron chi connectivity index (χ0n) is 27.0. The van der Waals surface area contributed by atoms with E-state index in [9.17, 15) is 0 Å². The smallest absolute Gasteiger partial charge is 0.141 e. The average Bonchev–Trinajstić information content (AvgIpc) is 3.87. The van der Waals surface area contributed by atoms with E-state index >= 15 is 0 Å². The van der Waals surface area contributed by atoms with Gasteiger partial charge in [0.25, 0.3) is 0 Å². The number of hydrogen-bond acceptors (Lipinski definition) is 2. The number of imidazole rings is 2. The van der Waals surface area contributed by atoms with Gasteiger partial charge in [0, 0.05) is 33.3 Å². The Morgan fingerprint density at radius 3 is 1.48 bits per heavy atom. The molecular weight excluding hydrogens is 611 g/mol. The first kappa shape index (κ1) is 27.3. The molecule has 11 rings (SSSR count). The van der Waals surface area contributed by atoms with E-state index in [-0.39, 0.29) is 0 Å². The van der Waals surface area contributed by atoms with Gasteiger partial charge in [-0.1, -0.05) is 115 Å². The Morgan fingerprint density at radius 1 is 0.360 bits per heavy atom. The van der Waals surface area contributed by atoms with Crippen molar-refractivity contribution in [3.8, 4) is 17.1 Å². The molecule has 50 heavy (non-hydrogen) atoms. The standard InChI is InChI=1S/C45H29N5/c1-3-16-30(17-4-1)48-40-28-13-9-24-36(40)46-43(48)45(44-47-37-25-10-14-29-41(37)49(44)31-18-5-2-6-19-31)34-22-8-12-27-39(34)50-38-26-11-7-20-32(38)33-21-15-23-35(45)42(33)50/h1-29H. The molecule has 0 radical (unpaired) electrons. The highest BCUT2D eigenvalue weighted by Crippen LogP contribution is 2.55. The van der Waals surface area contributed by atoms with Crippen LogP contribution >= 0.6 is 0 Å². The van der Waals surface area contributed by atoms with Gasteiger partial charge in [0.1, 0.15) is 17.1 Å². The molecule has 7 aromatic carbocycles. The van der Waals surface area contributed by atoms with Crippen molar-refractivity contribution in [2.75, 3.05) is 0 Å². The fraction of sp³-hybridized carbons (Fsp3) is 0.0222. The van der Waals surface area contributed by atoms with Crippen molar-refractivity contribution in [3.05, 3.63) is 199 Å². The third-order valence-electron chi connectivity index (χ3n) is 10.5. The lowest BCUT2D eigenvalue weighted by molar-refractivity contribution is 0.609. The lowest BCUT2D eigenvalue weighted by Gasteiger charge is -2.40. The Morgan fingerprint density at radius 2 is 0.840 bits per heavy atom. The molecule has 0 N–H and O–H groups in total. The van der Waals surface area contributed by atoms with E-state index in [2.05, 4.69) is 190 Å². The monoisotopic (exact) mass is 639 g/mol. The second-order valence-corrected chi connectivity index (χ2v) is 13.0. The van der Waals surface area contributed by atoms with Crippen LogP contribution in [0, 0.1) is 0 Å². The van der Waals surface area contributed by atoms with Crippen LogP contribution in [0.5, 0.6) is 0 Å². The summed E-state index contributed by atoms with van der Waals surface area (Å²) in [6.07, 6.45) is 0. The number of rotatable bonds is 4. The summed E-state index contributed by atoms with van der Waals surface area (Å²) < 4.78 is 7.18. The quantitative estimate of drug-likeness (QED) is 0.192. The minimum Gasteiger partial charge on any atom is -0.309 e. The second-order valence-electron chi connectivity index (χ2n) is 13.0. The summed E-state index contributed by atoms with van der Waals surface area (Å²) in [7, 11) is 0. The normalized spacial score (nSPS) is 13.4. The van der Waals surface area contributed by atoms with Crippen LogP contribution in [0.1, 0.15) is 22.8 Å². The van der Waals surface area contributed by atoms with Crippen molar-refractivity contribution in [1.29, 1.82) is 0 Å². The highest BCUT2D eigenvalue weighted by atomic mass is 15.2. The van der Waals surface area contributed by atoms with Crippen molar-refractivity contribution < 1.29 is 0 Å². The van der Waals surface area contributed by atoms with Crippen molar-refractivity contribution >= 4 is 43.9 Å². The molecule has 0 atom stereocenters. The van der Waals surface area contributed by atoms with E-state index in [1.54, 1.807) is 0 Å². The largest absolute Gasteiger partial charge is 0.309 e. The Bertz CT molecular complexity index is 2810. The molecule has 0 saturated heterocycles. The fourth-order valence-corrected chi connectivity index (χ4v) is 8.52. The average molecular weight is 640 g/mol. The maximum atomic E-state index is 5.68. The predicted molar refractivity (Wildman–Crippen MR) is 202 cm³/mol. The van der Waals surface area contributed by atoms with Gasteiger partial charge in [-0.15, -0.1) is 0 Å². The molecule has 1 aliphatic heterocycles. The van der Waals surface area contributed by atoms with Crippen LogP contribution in [-0.2, 0) is 5.41 Å². The first-order valence-electron chi connectivity index (χ1n) is 17.0. The Kier molecular flexibility index (Phi) is 5.53. The summed E-state index contributed by atoms with van der Waals surface area (Å²) in [6.45, 7) is 0. The summed E-state index contributed by atoms with van der Waals surface area (Å²) in [5, 5.41) is 2.44. The van der Waals surface area contributed by atoms with Crippen LogP contribution in [0.3, 0.4) is 0 Å². The molecule has 234 valence electrons. The summed E-state index contributed by atoms with van der Waals surface area (Å²) in [5.74, 6) is 1.79. The number of aromatic nitrogens is 5. The van der Waals surface area contributed by atoms with Gasteiger partial charge in [-0.25, -0.2) is 9.97 Å². The Balaban J connectivity index is 1.44. The molecule has 0 spiro atoms. The molecule has 0 aliphatic carbocycles. The molecule has 0 saturated carbocycles. The van der Waals surface area contributed by atoms with Crippen LogP contribution in [0.2, 0.25) is 0 Å². The maximum Gasteiger partial charge on any atom is 0.141 e. The summed E-state index contributed by atoms with van der Waals surface area (Å²) in [5.41, 5.74) is 10.9. The van der Waals surface area contributed by atoms with E-state index < -0.39 is 5.41 Å². The van der Waals surface area contributed by atoms with Crippen LogP contribution < -0.4 is 0 Å². The van der Waals surface area contributed by atoms with Gasteiger partial charge in [0.05, 0.1) is 38.8 Å². The molecule has 1 aliphatic rings. The van der Waals surface area contributed by atoms with Crippen molar-refractivity contribution in [2.24, 2.45) is 0 Å². The molecule has 5 nitrogen and oxygen atoms in total. The van der Waals surface area contributed by atoms with Crippen molar-refractivity contribution in [1.82, 2.24) is 23.7 Å². The second kappa shape index (κ2) is 10.1. The highest BCUT2D eigenvalue weighted by molar-refractivity contribution is 6.12. The van der Waals surface area contributed by atoms with Crippen LogP contribution in [0.25, 0.3) is 60.9 Å². The molecule has 0 amide bonds. The molecule has 0 bridgehead atoms. The minimum atomic E-state index is -0.954. The number of benzene rings is 7. The number of hydrogen-bond donors (Lipinski definition) is 0. The molecule has 0 fully saturated rings. The van der Waals surface area contributed by atoms with Gasteiger partial charge in [-0.05, 0) is 60.7 Å². The lowest BCUT2D eigenvalue weighted by atomic mass is 9.69. The van der Waals surface area contributed by atoms with Gasteiger partial charge < -0.3 is 4.57 Å². The van der Waals surface area contributed by atoms with Gasteiger partial charge >= 0.3 is 0 Å². The molecule has 10 aromatic rings. The summed E-state index contributed by atoms with van der Waals surface area (Å²) >= 11 is 0. The fourth-order valence-electron chi connectivity index (χ4n) is 8.52. The summed E-state index contributed by atoms with van der Waals surface area (Å²) in [4.78, 5) is 11.4. The third kappa shape index (κ3) is 3.45. The Labute approximate surface area is 287 Å². The van der Waals surface area contributed by atoms with Gasteiger partial charge in [-0.2, -0.15) is 0 Å². The SMILES string of the molecule is c1ccc(-n2c(C3(c4nc5ccccc5n4-c4ccccc4)c4ccccc4-n4c5ccccc5c5cccc3c54)nc3ccccc32)cc1. The van der Waals surface area contributed by atoms with E-state index in [4.69, 9.17) is 9.97 Å². The van der Waals surface area contributed by atoms with E-state index in [0.29, 0.717) is 0 Å². The van der Waals surface area contributed by atoms with Crippen molar-refractivity contribution in [2.45, 2.75) is 5.41 Å². The number of nitrogens with zero attached hydrogens (tertiary/aromatic N) is 5. The first-order chi connectivity index (χ1) is 24.8. The predicted octanol–water partition coefficient (Wildman–Crippen LogP) is 10.2. The highest BCUT2D eigenvalue weighted by Gasteiger charge is 2.52. The van der Waals surface area contributed by atoms with Gasteiger partial charge in [-0.3, -0.25) is 9.13 Å². The van der Waals surface area contributed by atoms with Crippen LogP contribution in [-0.4, -0.2) is 23.7 Å². The van der Waals surface area contributed by atoms with E-state index in [1.165, 1.54) is 21.8 Å². The topological polar surface area (TPSA) is 40.6 Å². The van der Waals surface area contributed by atoms with Crippen molar-refractivity contribution in [3.63, 3.8) is 0 Å². The lowest BCUT2D eigenvalue weighted by Crippen LogP contribution is -2.40. The first-order valence-corrected chi connectivity index (χ1v) is 17.0. The zero-order chi connectivity index (χ0) is 32.8. The Hall–Kier alpha value is -6.72. The van der Waals surface area contributed by atoms with Crippen LogP contribution in [0.15, 0.2) is 176 Å². The zero-order valence-corrected chi connectivity index (χ0v) is 27.0. The van der Waals surface area contributed by atoms with E-state index in [1.807, 2.05) is 0 Å². The maximum absolute atomic E-state index is 5.68. The van der Waals surface area contributed by atoms with Crippen LogP contribution in [0.4, 0.5) is 0 Å². The molecule has 5 heteroatoms. The van der Waals surface area contributed by atoms with Gasteiger partial charge in [0.15, 0.2) is 0 Å². The number of fused-ring (bicyclic) bond motifs is 7. The molecule has 0 unspecified atom stereocenters. The number of para-hydroxylation sites is 9. The summed E-state index contributed by atoms with van der Waals surface area (Å²) in [6, 6.07) is 62.6. The van der Waals surface area contributed by atoms with E-state index in [0.717, 1.165) is 61.9 Å². The van der Waals surface area contributed by atoms with Gasteiger partial charge in [0.2, 0.25) is 0 Å². The molecular formula is C45H29N5.